The number of nitrogens with zero attached hydrogens (tertiary/aromatic N) is 3. The number of hydrogen-bond donors (Lipinski definition) is 2. The number of rotatable bonds is 8. The molecule has 1 amide bonds. The van der Waals surface area contributed by atoms with Gasteiger partial charge in [0.1, 0.15) is 12.0 Å². The fourth-order valence-corrected chi connectivity index (χ4v) is 2.58. The number of anilines is 1. The standard InChI is InChI=1S/C18H22F3N5O4S/c1-4-28-11(3)26-9-12(8-22-26)13-6-7-14(23-15(13)30-10-18(19,20)21)24-16(31)25-17(27)29-5-2/h6-9,11H,4-5,10H2,1-3H3,(H2,23,24,25,27,31). The summed E-state index contributed by atoms with van der Waals surface area (Å²) in [6.45, 7) is 4.32. The Morgan fingerprint density at radius 3 is 2.68 bits per heavy atom. The second-order valence-electron chi connectivity index (χ2n) is 6.02. The molecular weight excluding hydrogens is 439 g/mol. The minimum Gasteiger partial charge on any atom is -0.468 e. The summed E-state index contributed by atoms with van der Waals surface area (Å²) >= 11 is 4.97. The zero-order valence-corrected chi connectivity index (χ0v) is 17.8. The molecule has 0 saturated carbocycles. The van der Waals surface area contributed by atoms with Gasteiger partial charge in [0.05, 0.1) is 12.8 Å². The minimum atomic E-state index is -4.56. The van der Waals surface area contributed by atoms with Crippen molar-refractivity contribution in [3.05, 3.63) is 24.5 Å². The number of carbonyl (C=O) groups is 1. The van der Waals surface area contributed by atoms with Gasteiger partial charge < -0.3 is 19.5 Å². The molecule has 2 rings (SSSR count). The molecule has 0 aliphatic carbocycles. The number of halogens is 3. The number of aromatic nitrogens is 3. The molecule has 2 N–H and O–H groups in total. The van der Waals surface area contributed by atoms with Crippen LogP contribution >= 0.6 is 12.2 Å². The highest BCUT2D eigenvalue weighted by Gasteiger charge is 2.29. The van der Waals surface area contributed by atoms with E-state index in [-0.39, 0.29) is 35.2 Å². The van der Waals surface area contributed by atoms with Crippen molar-refractivity contribution in [2.45, 2.75) is 33.2 Å². The average Bonchev–Trinajstić information content (AvgIpc) is 3.16. The summed E-state index contributed by atoms with van der Waals surface area (Å²) in [5, 5.41) is 8.87. The molecule has 2 aromatic rings. The summed E-state index contributed by atoms with van der Waals surface area (Å²) < 4.78 is 54.7. The molecule has 0 aliphatic rings. The maximum absolute atomic E-state index is 12.7. The molecule has 13 heteroatoms. The zero-order chi connectivity index (χ0) is 23.0. The summed E-state index contributed by atoms with van der Waals surface area (Å²) in [5.41, 5.74) is 0.768. The number of nitrogens with one attached hydrogen (secondary N) is 2. The smallest absolute Gasteiger partial charge is 0.422 e. The first-order valence-corrected chi connectivity index (χ1v) is 9.65. The monoisotopic (exact) mass is 461 g/mol. The van der Waals surface area contributed by atoms with Crippen LogP contribution in [-0.4, -0.2) is 52.0 Å². The molecule has 9 nitrogen and oxygen atoms in total. The largest absolute Gasteiger partial charge is 0.468 e. The van der Waals surface area contributed by atoms with Gasteiger partial charge in [-0.05, 0) is 45.1 Å². The molecule has 2 aromatic heterocycles. The third-order valence-corrected chi connectivity index (χ3v) is 3.86. The fourth-order valence-electron chi connectivity index (χ4n) is 2.39. The van der Waals surface area contributed by atoms with Gasteiger partial charge in [0.25, 0.3) is 0 Å². The highest BCUT2D eigenvalue weighted by Crippen LogP contribution is 2.31. The SMILES string of the molecule is CCOC(=O)NC(=S)Nc1ccc(-c2cnn(C(C)OCC)c2)c(OCC(F)(F)F)n1. The molecule has 0 spiro atoms. The lowest BCUT2D eigenvalue weighted by atomic mass is 10.1. The van der Waals surface area contributed by atoms with Gasteiger partial charge in [0, 0.05) is 23.9 Å². The maximum Gasteiger partial charge on any atom is 0.422 e. The number of hydrogen-bond acceptors (Lipinski definition) is 7. The maximum atomic E-state index is 12.7. The topological polar surface area (TPSA) is 99.5 Å². The van der Waals surface area contributed by atoms with Gasteiger partial charge >= 0.3 is 12.3 Å². The molecular formula is C18H22F3N5O4S. The Labute approximate surface area is 181 Å². The molecule has 0 radical (unpaired) electrons. The van der Waals surface area contributed by atoms with E-state index < -0.39 is 18.9 Å². The van der Waals surface area contributed by atoms with Crippen LogP contribution in [0, 0.1) is 0 Å². The van der Waals surface area contributed by atoms with Crippen molar-refractivity contribution >= 4 is 29.2 Å². The Bertz CT molecular complexity index is 907. The summed E-state index contributed by atoms with van der Waals surface area (Å²) in [5.74, 6) is -0.220. The van der Waals surface area contributed by atoms with Gasteiger partial charge in [-0.15, -0.1) is 0 Å². The molecule has 0 bridgehead atoms. The predicted molar refractivity (Wildman–Crippen MR) is 110 cm³/mol. The summed E-state index contributed by atoms with van der Waals surface area (Å²) in [7, 11) is 0. The number of alkyl halides is 3. The minimum absolute atomic E-state index is 0.0674. The number of amides is 1. The summed E-state index contributed by atoms with van der Waals surface area (Å²) in [4.78, 5) is 15.5. The van der Waals surface area contributed by atoms with Crippen molar-refractivity contribution in [2.24, 2.45) is 0 Å². The van der Waals surface area contributed by atoms with E-state index in [4.69, 9.17) is 26.4 Å². The van der Waals surface area contributed by atoms with Crippen LogP contribution in [0.3, 0.4) is 0 Å². The van der Waals surface area contributed by atoms with E-state index in [1.165, 1.54) is 23.0 Å². The second kappa shape index (κ2) is 10.9. The van der Waals surface area contributed by atoms with Gasteiger partial charge in [-0.3, -0.25) is 5.32 Å². The van der Waals surface area contributed by atoms with Crippen LogP contribution in [0.15, 0.2) is 24.5 Å². The Morgan fingerprint density at radius 1 is 1.29 bits per heavy atom. The van der Waals surface area contributed by atoms with Crippen LogP contribution in [0.25, 0.3) is 11.1 Å². The molecule has 1 atom stereocenters. The third-order valence-electron chi connectivity index (χ3n) is 3.66. The van der Waals surface area contributed by atoms with E-state index in [2.05, 4.69) is 20.7 Å². The van der Waals surface area contributed by atoms with Crippen LogP contribution in [0.1, 0.15) is 27.0 Å². The normalized spacial score (nSPS) is 12.2. The van der Waals surface area contributed by atoms with E-state index in [1.807, 2.05) is 6.92 Å². The highest BCUT2D eigenvalue weighted by atomic mass is 32.1. The molecule has 0 saturated heterocycles. The van der Waals surface area contributed by atoms with Crippen molar-refractivity contribution in [3.63, 3.8) is 0 Å². The second-order valence-corrected chi connectivity index (χ2v) is 6.42. The average molecular weight is 461 g/mol. The summed E-state index contributed by atoms with van der Waals surface area (Å²) in [6.07, 6.45) is -2.62. The molecule has 170 valence electrons. The van der Waals surface area contributed by atoms with Crippen LogP contribution < -0.4 is 15.4 Å². The Kier molecular flexibility index (Phi) is 8.56. The predicted octanol–water partition coefficient (Wildman–Crippen LogP) is 3.88. The van der Waals surface area contributed by atoms with E-state index in [0.29, 0.717) is 12.2 Å². The van der Waals surface area contributed by atoms with E-state index in [1.54, 1.807) is 20.0 Å². The van der Waals surface area contributed by atoms with E-state index >= 15 is 0 Å². The van der Waals surface area contributed by atoms with Crippen LogP contribution in [0.4, 0.5) is 23.8 Å². The first kappa shape index (κ1) is 24.3. The number of thiocarbonyl (C=S) groups is 1. The van der Waals surface area contributed by atoms with Crippen molar-refractivity contribution in [2.75, 3.05) is 25.1 Å². The Morgan fingerprint density at radius 2 is 2.03 bits per heavy atom. The number of alkyl carbamates (subject to hydrolysis) is 1. The van der Waals surface area contributed by atoms with Gasteiger partial charge in [-0.2, -0.15) is 23.3 Å². The lowest BCUT2D eigenvalue weighted by Gasteiger charge is -2.14. The number of ether oxygens (including phenoxy) is 3. The number of pyridine rings is 1. The van der Waals surface area contributed by atoms with Gasteiger partial charge in [0.2, 0.25) is 5.88 Å². The summed E-state index contributed by atoms with van der Waals surface area (Å²) in [6, 6.07) is 2.97. The molecule has 0 fully saturated rings. The van der Waals surface area contributed by atoms with Crippen molar-refractivity contribution in [1.29, 1.82) is 0 Å². The van der Waals surface area contributed by atoms with Gasteiger partial charge in [-0.1, -0.05) is 0 Å². The Hall–Kier alpha value is -2.93. The first-order chi connectivity index (χ1) is 14.6. The van der Waals surface area contributed by atoms with Crippen LogP contribution in [0.2, 0.25) is 0 Å². The zero-order valence-electron chi connectivity index (χ0n) is 17.0. The Balaban J connectivity index is 2.27. The van der Waals surface area contributed by atoms with Crippen molar-refractivity contribution in [3.8, 4) is 17.0 Å². The fraction of sp³-hybridized carbons (Fsp3) is 0.444. The third kappa shape index (κ3) is 7.68. The lowest BCUT2D eigenvalue weighted by Crippen LogP contribution is -2.34. The first-order valence-electron chi connectivity index (χ1n) is 9.24. The van der Waals surface area contributed by atoms with Gasteiger partial charge in [-0.25, -0.2) is 9.48 Å². The van der Waals surface area contributed by atoms with Crippen LogP contribution in [-0.2, 0) is 9.47 Å². The molecule has 1 unspecified atom stereocenters. The van der Waals surface area contributed by atoms with E-state index in [9.17, 15) is 18.0 Å². The van der Waals surface area contributed by atoms with Crippen molar-refractivity contribution < 1.29 is 32.2 Å². The lowest BCUT2D eigenvalue weighted by molar-refractivity contribution is -0.154. The highest BCUT2D eigenvalue weighted by molar-refractivity contribution is 7.80. The molecule has 31 heavy (non-hydrogen) atoms. The molecule has 0 aromatic carbocycles. The van der Waals surface area contributed by atoms with E-state index in [0.717, 1.165) is 0 Å². The molecule has 0 aliphatic heterocycles. The number of carbonyl (C=O) groups excluding carboxylic acids is 1. The quantitative estimate of drug-likeness (QED) is 0.572. The molecule has 2 heterocycles. The van der Waals surface area contributed by atoms with Gasteiger partial charge in [0.15, 0.2) is 11.7 Å². The van der Waals surface area contributed by atoms with Crippen LogP contribution in [0.5, 0.6) is 5.88 Å². The van der Waals surface area contributed by atoms with Crippen molar-refractivity contribution in [1.82, 2.24) is 20.1 Å².